The van der Waals surface area contributed by atoms with Crippen LogP contribution in [0.15, 0.2) is 0 Å². The van der Waals surface area contributed by atoms with Crippen molar-refractivity contribution in [2.24, 2.45) is 5.73 Å². The topological polar surface area (TPSA) is 81.4 Å². The highest BCUT2D eigenvalue weighted by atomic mass is 16.5. The Bertz CT molecular complexity index is 206. The zero-order chi connectivity index (χ0) is 11.1. The van der Waals surface area contributed by atoms with Crippen LogP contribution in [0.1, 0.15) is 27.2 Å². The first kappa shape index (κ1) is 12.9. The molecule has 2 atom stereocenters. The van der Waals surface area contributed by atoms with Gasteiger partial charge in [-0.1, -0.05) is 6.92 Å². The number of nitrogens with one attached hydrogen (secondary N) is 1. The standard InChI is InChI=1S/C9H18N2O3/c1-4-7(10)8(12)11-6(3)9(13)14-5-2/h6-7H,4-5,10H2,1-3H3,(H,11,12). The number of amides is 1. The summed E-state index contributed by atoms with van der Waals surface area (Å²) in [5, 5.41) is 2.48. The maximum Gasteiger partial charge on any atom is 0.328 e. The molecule has 0 saturated heterocycles. The molecule has 2 unspecified atom stereocenters. The first-order valence-electron chi connectivity index (χ1n) is 4.75. The molecule has 5 nitrogen and oxygen atoms in total. The van der Waals surface area contributed by atoms with Gasteiger partial charge in [-0.05, 0) is 20.3 Å². The number of hydrogen-bond acceptors (Lipinski definition) is 4. The molecule has 0 aromatic carbocycles. The van der Waals surface area contributed by atoms with E-state index in [0.29, 0.717) is 13.0 Å². The SMILES string of the molecule is CCOC(=O)C(C)NC(=O)C(N)CC. The highest BCUT2D eigenvalue weighted by molar-refractivity contribution is 5.87. The summed E-state index contributed by atoms with van der Waals surface area (Å²) in [5.74, 6) is -0.766. The van der Waals surface area contributed by atoms with Crippen molar-refractivity contribution in [3.05, 3.63) is 0 Å². The van der Waals surface area contributed by atoms with E-state index in [1.165, 1.54) is 0 Å². The number of carbonyl (C=O) groups is 2. The Morgan fingerprint density at radius 3 is 2.43 bits per heavy atom. The van der Waals surface area contributed by atoms with Crippen LogP contribution < -0.4 is 11.1 Å². The lowest BCUT2D eigenvalue weighted by Gasteiger charge is -2.15. The minimum atomic E-state index is -0.639. The third-order valence-electron chi connectivity index (χ3n) is 1.78. The minimum absolute atomic E-state index is 0.304. The number of hydrogen-bond donors (Lipinski definition) is 2. The molecule has 82 valence electrons. The van der Waals surface area contributed by atoms with Crippen LogP contribution in [-0.4, -0.2) is 30.6 Å². The maximum atomic E-state index is 11.2. The Morgan fingerprint density at radius 1 is 1.43 bits per heavy atom. The summed E-state index contributed by atoms with van der Waals surface area (Å²) in [4.78, 5) is 22.4. The molecule has 0 aliphatic carbocycles. The maximum absolute atomic E-state index is 11.2. The summed E-state index contributed by atoms with van der Waals surface area (Å²) in [7, 11) is 0. The molecule has 0 aromatic heterocycles. The molecular weight excluding hydrogens is 184 g/mol. The Morgan fingerprint density at radius 2 is 2.00 bits per heavy atom. The van der Waals surface area contributed by atoms with E-state index in [4.69, 9.17) is 10.5 Å². The molecule has 0 spiro atoms. The summed E-state index contributed by atoms with van der Waals surface area (Å²) in [6.07, 6.45) is 0.543. The van der Waals surface area contributed by atoms with Gasteiger partial charge in [0.1, 0.15) is 6.04 Å². The van der Waals surface area contributed by atoms with Crippen LogP contribution in [0.25, 0.3) is 0 Å². The quantitative estimate of drug-likeness (QED) is 0.604. The van der Waals surface area contributed by atoms with Crippen molar-refractivity contribution >= 4 is 11.9 Å². The highest BCUT2D eigenvalue weighted by Gasteiger charge is 2.19. The lowest BCUT2D eigenvalue weighted by atomic mass is 10.2. The van der Waals surface area contributed by atoms with Gasteiger partial charge < -0.3 is 15.8 Å². The first-order valence-corrected chi connectivity index (χ1v) is 4.75. The molecule has 5 heteroatoms. The second-order valence-corrected chi connectivity index (χ2v) is 3.00. The Hall–Kier alpha value is -1.10. The number of nitrogens with two attached hydrogens (primary N) is 1. The summed E-state index contributed by atoms with van der Waals surface area (Å²) >= 11 is 0. The van der Waals surface area contributed by atoms with Crippen molar-refractivity contribution in [2.45, 2.75) is 39.3 Å². The van der Waals surface area contributed by atoms with Gasteiger partial charge in [0.25, 0.3) is 0 Å². The van der Waals surface area contributed by atoms with Crippen LogP contribution in [-0.2, 0) is 14.3 Å². The van der Waals surface area contributed by atoms with Crippen molar-refractivity contribution in [1.29, 1.82) is 0 Å². The minimum Gasteiger partial charge on any atom is -0.464 e. The van der Waals surface area contributed by atoms with E-state index >= 15 is 0 Å². The number of esters is 1. The van der Waals surface area contributed by atoms with Gasteiger partial charge in [-0.2, -0.15) is 0 Å². The van der Waals surface area contributed by atoms with Crippen molar-refractivity contribution in [3.63, 3.8) is 0 Å². The molecule has 3 N–H and O–H groups in total. The van der Waals surface area contributed by atoms with Crippen LogP contribution >= 0.6 is 0 Å². The molecule has 0 fully saturated rings. The molecule has 14 heavy (non-hydrogen) atoms. The average Bonchev–Trinajstić information content (AvgIpc) is 2.16. The van der Waals surface area contributed by atoms with Crippen molar-refractivity contribution in [3.8, 4) is 0 Å². The van der Waals surface area contributed by atoms with Gasteiger partial charge in [0.15, 0.2) is 0 Å². The van der Waals surface area contributed by atoms with Gasteiger partial charge in [-0.25, -0.2) is 4.79 Å². The van der Waals surface area contributed by atoms with E-state index in [2.05, 4.69) is 5.32 Å². The largest absolute Gasteiger partial charge is 0.464 e. The van der Waals surface area contributed by atoms with Gasteiger partial charge >= 0.3 is 5.97 Å². The molecule has 0 heterocycles. The monoisotopic (exact) mass is 202 g/mol. The molecule has 0 radical (unpaired) electrons. The third-order valence-corrected chi connectivity index (χ3v) is 1.78. The number of rotatable bonds is 5. The highest BCUT2D eigenvalue weighted by Crippen LogP contribution is 1.91. The fourth-order valence-corrected chi connectivity index (χ4v) is 0.832. The molecule has 0 saturated carbocycles. The van der Waals surface area contributed by atoms with Gasteiger partial charge in [-0.15, -0.1) is 0 Å². The van der Waals surface area contributed by atoms with Gasteiger partial charge in [0, 0.05) is 0 Å². The second kappa shape index (κ2) is 6.37. The summed E-state index contributed by atoms with van der Waals surface area (Å²) in [6.45, 7) is 5.39. The Labute approximate surface area is 84.0 Å². The first-order chi connectivity index (χ1) is 6.52. The van der Waals surface area contributed by atoms with Gasteiger partial charge in [-0.3, -0.25) is 4.79 Å². The van der Waals surface area contributed by atoms with E-state index in [1.807, 2.05) is 0 Å². The van der Waals surface area contributed by atoms with E-state index < -0.39 is 18.1 Å². The molecule has 0 aliphatic rings. The normalized spacial score (nSPS) is 14.3. The van der Waals surface area contributed by atoms with E-state index in [9.17, 15) is 9.59 Å². The molecule has 0 aliphatic heterocycles. The van der Waals surface area contributed by atoms with Gasteiger partial charge in [0.2, 0.25) is 5.91 Å². The van der Waals surface area contributed by atoms with Crippen LogP contribution in [0.5, 0.6) is 0 Å². The van der Waals surface area contributed by atoms with Crippen LogP contribution in [0.3, 0.4) is 0 Å². The third kappa shape index (κ3) is 4.23. The van der Waals surface area contributed by atoms with Crippen molar-refractivity contribution < 1.29 is 14.3 Å². The van der Waals surface area contributed by atoms with Crippen LogP contribution in [0.2, 0.25) is 0 Å². The zero-order valence-corrected chi connectivity index (χ0v) is 8.87. The predicted molar refractivity (Wildman–Crippen MR) is 52.5 cm³/mol. The predicted octanol–water partition coefficient (Wildman–Crippen LogP) is -0.208. The molecule has 0 rings (SSSR count). The molecular formula is C9H18N2O3. The molecule has 0 bridgehead atoms. The van der Waals surface area contributed by atoms with Crippen LogP contribution in [0.4, 0.5) is 0 Å². The summed E-state index contributed by atoms with van der Waals surface area (Å²) in [5.41, 5.74) is 5.47. The van der Waals surface area contributed by atoms with E-state index in [1.54, 1.807) is 20.8 Å². The fourth-order valence-electron chi connectivity index (χ4n) is 0.832. The average molecular weight is 202 g/mol. The van der Waals surface area contributed by atoms with Crippen LogP contribution in [0, 0.1) is 0 Å². The van der Waals surface area contributed by atoms with E-state index in [-0.39, 0.29) is 5.91 Å². The van der Waals surface area contributed by atoms with Gasteiger partial charge in [0.05, 0.1) is 12.6 Å². The summed E-state index contributed by atoms with van der Waals surface area (Å²) in [6, 6.07) is -1.20. The Balaban J connectivity index is 3.99. The Kier molecular flexibility index (Phi) is 5.87. The molecule has 1 amide bonds. The lowest BCUT2D eigenvalue weighted by Crippen LogP contribution is -2.47. The van der Waals surface area contributed by atoms with Crippen molar-refractivity contribution in [1.82, 2.24) is 5.32 Å². The molecule has 0 aromatic rings. The zero-order valence-electron chi connectivity index (χ0n) is 8.87. The van der Waals surface area contributed by atoms with E-state index in [0.717, 1.165) is 0 Å². The lowest BCUT2D eigenvalue weighted by molar-refractivity contribution is -0.147. The smallest absolute Gasteiger partial charge is 0.328 e. The second-order valence-electron chi connectivity index (χ2n) is 3.00. The number of carbonyl (C=O) groups excluding carboxylic acids is 2. The van der Waals surface area contributed by atoms with Crippen molar-refractivity contribution in [2.75, 3.05) is 6.61 Å². The number of ether oxygens (including phenoxy) is 1. The summed E-state index contributed by atoms with van der Waals surface area (Å²) < 4.78 is 4.72. The fraction of sp³-hybridized carbons (Fsp3) is 0.778.